The van der Waals surface area contributed by atoms with Gasteiger partial charge in [-0.15, -0.1) is 0 Å². The highest BCUT2D eigenvalue weighted by molar-refractivity contribution is 6.02. The number of amides is 1. The van der Waals surface area contributed by atoms with E-state index in [0.29, 0.717) is 25.3 Å². The Morgan fingerprint density at radius 2 is 1.65 bits per heavy atom. The number of morpholine rings is 1. The van der Waals surface area contributed by atoms with Crippen LogP contribution in [0.4, 0.5) is 11.5 Å². The molecule has 0 bridgehead atoms. The van der Waals surface area contributed by atoms with Gasteiger partial charge in [0.25, 0.3) is 5.91 Å². The highest BCUT2D eigenvalue weighted by Gasteiger charge is 2.35. The van der Waals surface area contributed by atoms with E-state index >= 15 is 0 Å². The van der Waals surface area contributed by atoms with Crippen LogP contribution in [0.5, 0.6) is 0 Å². The number of aromatic nitrogens is 1. The smallest absolute Gasteiger partial charge is 0.258 e. The summed E-state index contributed by atoms with van der Waals surface area (Å²) in [6, 6.07) is 28.2. The van der Waals surface area contributed by atoms with Crippen molar-refractivity contribution in [2.45, 2.75) is 12.7 Å². The van der Waals surface area contributed by atoms with Gasteiger partial charge in [-0.3, -0.25) is 4.79 Å². The van der Waals surface area contributed by atoms with Gasteiger partial charge in [0.15, 0.2) is 0 Å². The summed E-state index contributed by atoms with van der Waals surface area (Å²) in [6.07, 6.45) is -0.349. The van der Waals surface area contributed by atoms with E-state index in [0.717, 1.165) is 46.6 Å². The van der Waals surface area contributed by atoms with Crippen LogP contribution in [0.15, 0.2) is 84.9 Å². The maximum Gasteiger partial charge on any atom is 0.258 e. The number of hydrogen-bond acceptors (Lipinski definition) is 5. The second-order valence-electron chi connectivity index (χ2n) is 8.70. The summed E-state index contributed by atoms with van der Waals surface area (Å²) in [6.45, 7) is 3.38. The Hall–Kier alpha value is -3.90. The molecule has 170 valence electrons. The summed E-state index contributed by atoms with van der Waals surface area (Å²) >= 11 is 0. The lowest BCUT2D eigenvalue weighted by atomic mass is 10.0. The lowest BCUT2D eigenvalue weighted by molar-refractivity contribution is 0.0666. The molecule has 1 N–H and O–H groups in total. The van der Waals surface area contributed by atoms with Gasteiger partial charge in [0.1, 0.15) is 12.0 Å². The molecule has 0 radical (unpaired) electrons. The monoisotopic (exact) mass is 450 g/mol. The maximum absolute atomic E-state index is 13.8. The Balaban J connectivity index is 1.51. The van der Waals surface area contributed by atoms with E-state index in [9.17, 15) is 4.79 Å². The zero-order valence-electron chi connectivity index (χ0n) is 18.9. The van der Waals surface area contributed by atoms with Crippen LogP contribution in [-0.2, 0) is 11.3 Å². The first-order valence-electron chi connectivity index (χ1n) is 11.7. The van der Waals surface area contributed by atoms with Gasteiger partial charge in [0, 0.05) is 36.3 Å². The number of ether oxygens (including phenoxy) is 1. The number of anilines is 2. The summed E-state index contributed by atoms with van der Waals surface area (Å²) in [5.41, 5.74) is 4.58. The second-order valence-corrected chi connectivity index (χ2v) is 8.70. The Bertz CT molecular complexity index is 1330. The number of rotatable bonds is 4. The fraction of sp³-hybridized carbons (Fsp3) is 0.214. The average molecular weight is 451 g/mol. The molecular weight excluding hydrogens is 424 g/mol. The summed E-state index contributed by atoms with van der Waals surface area (Å²) < 4.78 is 5.61. The predicted molar refractivity (Wildman–Crippen MR) is 134 cm³/mol. The molecule has 1 fully saturated rings. The van der Waals surface area contributed by atoms with Gasteiger partial charge in [0.05, 0.1) is 24.3 Å². The van der Waals surface area contributed by atoms with Crippen molar-refractivity contribution in [3.63, 3.8) is 0 Å². The van der Waals surface area contributed by atoms with Gasteiger partial charge < -0.3 is 19.9 Å². The molecule has 1 saturated heterocycles. The highest BCUT2D eigenvalue weighted by atomic mass is 16.5. The Kier molecular flexibility index (Phi) is 5.35. The van der Waals surface area contributed by atoms with Crippen LogP contribution in [0, 0.1) is 0 Å². The Morgan fingerprint density at radius 3 is 2.50 bits per heavy atom. The molecule has 0 spiro atoms. The Labute approximate surface area is 198 Å². The van der Waals surface area contributed by atoms with E-state index in [-0.39, 0.29) is 12.1 Å². The van der Waals surface area contributed by atoms with Gasteiger partial charge in [-0.1, -0.05) is 60.7 Å². The van der Waals surface area contributed by atoms with Crippen LogP contribution in [-0.4, -0.2) is 42.1 Å². The maximum atomic E-state index is 13.8. The van der Waals surface area contributed by atoms with E-state index < -0.39 is 0 Å². The van der Waals surface area contributed by atoms with Crippen molar-refractivity contribution < 1.29 is 9.53 Å². The summed E-state index contributed by atoms with van der Waals surface area (Å²) in [5, 5.41) is 4.72. The first-order chi connectivity index (χ1) is 16.8. The molecule has 34 heavy (non-hydrogen) atoms. The van der Waals surface area contributed by atoms with E-state index in [2.05, 4.69) is 34.5 Å². The molecule has 6 rings (SSSR count). The molecule has 3 aromatic carbocycles. The molecule has 0 saturated carbocycles. The fourth-order valence-electron chi connectivity index (χ4n) is 4.83. The first-order valence-corrected chi connectivity index (χ1v) is 11.7. The zero-order chi connectivity index (χ0) is 22.9. The van der Waals surface area contributed by atoms with E-state index in [1.165, 1.54) is 0 Å². The molecule has 2 aliphatic rings. The zero-order valence-corrected chi connectivity index (χ0v) is 18.9. The number of carbonyl (C=O) groups is 1. The quantitative estimate of drug-likeness (QED) is 0.482. The SMILES string of the molecule is O=C1c2ccccc2N[C@@H](c2cc3ccccc3nc2N2CCOCC2)N1Cc1ccccc1. The second kappa shape index (κ2) is 8.80. The largest absolute Gasteiger partial charge is 0.378 e. The molecule has 0 unspecified atom stereocenters. The normalized spacial score (nSPS) is 18.0. The van der Waals surface area contributed by atoms with Crippen molar-refractivity contribution in [1.29, 1.82) is 0 Å². The topological polar surface area (TPSA) is 57.7 Å². The number of fused-ring (bicyclic) bond motifs is 2. The van der Waals surface area contributed by atoms with Crippen LogP contribution in [0.1, 0.15) is 27.7 Å². The molecule has 6 nitrogen and oxygen atoms in total. The van der Waals surface area contributed by atoms with Gasteiger partial charge >= 0.3 is 0 Å². The molecular formula is C28H26N4O2. The van der Waals surface area contributed by atoms with Crippen molar-refractivity contribution >= 4 is 28.3 Å². The molecule has 3 heterocycles. The van der Waals surface area contributed by atoms with Crippen LogP contribution >= 0.6 is 0 Å². The number of carbonyl (C=O) groups excluding carboxylic acids is 1. The minimum absolute atomic E-state index is 0.0179. The minimum Gasteiger partial charge on any atom is -0.378 e. The van der Waals surface area contributed by atoms with E-state index in [1.807, 2.05) is 65.6 Å². The minimum atomic E-state index is -0.349. The third-order valence-electron chi connectivity index (χ3n) is 6.56. The lowest BCUT2D eigenvalue weighted by Crippen LogP contribution is -2.44. The summed E-state index contributed by atoms with van der Waals surface area (Å²) in [7, 11) is 0. The third kappa shape index (κ3) is 3.76. The third-order valence-corrected chi connectivity index (χ3v) is 6.56. The van der Waals surface area contributed by atoms with E-state index in [4.69, 9.17) is 9.72 Å². The van der Waals surface area contributed by atoms with Crippen LogP contribution in [0.25, 0.3) is 10.9 Å². The number of benzene rings is 3. The molecule has 0 aliphatic carbocycles. The van der Waals surface area contributed by atoms with Crippen molar-refractivity contribution in [3.8, 4) is 0 Å². The van der Waals surface area contributed by atoms with Gasteiger partial charge in [-0.25, -0.2) is 4.98 Å². The van der Waals surface area contributed by atoms with Gasteiger partial charge in [-0.2, -0.15) is 0 Å². The number of para-hydroxylation sites is 2. The van der Waals surface area contributed by atoms with Gasteiger partial charge in [-0.05, 0) is 29.8 Å². The number of pyridine rings is 1. The van der Waals surface area contributed by atoms with Crippen LogP contribution in [0.2, 0.25) is 0 Å². The van der Waals surface area contributed by atoms with Crippen LogP contribution in [0.3, 0.4) is 0 Å². The van der Waals surface area contributed by atoms with Crippen LogP contribution < -0.4 is 10.2 Å². The van der Waals surface area contributed by atoms with Crippen molar-refractivity contribution in [1.82, 2.24) is 9.88 Å². The number of nitrogens with one attached hydrogen (secondary N) is 1. The molecule has 1 aromatic heterocycles. The summed E-state index contributed by atoms with van der Waals surface area (Å²) in [5.74, 6) is 0.925. The molecule has 2 aliphatic heterocycles. The van der Waals surface area contributed by atoms with Crippen molar-refractivity contribution in [2.75, 3.05) is 36.5 Å². The van der Waals surface area contributed by atoms with E-state index in [1.54, 1.807) is 0 Å². The molecule has 1 amide bonds. The number of nitrogens with zero attached hydrogens (tertiary/aromatic N) is 3. The first kappa shape index (κ1) is 20.7. The standard InChI is InChI=1S/C28H26N4O2/c33-28-22-11-5-7-13-25(22)30-27(32(28)19-20-8-2-1-3-9-20)23-18-21-10-4-6-12-24(21)29-26(23)31-14-16-34-17-15-31/h1-13,18,27,30H,14-17,19H2/t27-/m1/s1. The van der Waals surface area contributed by atoms with Crippen molar-refractivity contribution in [2.24, 2.45) is 0 Å². The highest BCUT2D eigenvalue weighted by Crippen LogP contribution is 2.38. The van der Waals surface area contributed by atoms with Crippen molar-refractivity contribution in [3.05, 3.63) is 102 Å². The predicted octanol–water partition coefficient (Wildman–Crippen LogP) is 4.84. The summed E-state index contributed by atoms with van der Waals surface area (Å²) in [4.78, 5) is 23.1. The fourth-order valence-corrected chi connectivity index (χ4v) is 4.83. The average Bonchev–Trinajstić information content (AvgIpc) is 2.90. The molecule has 4 aromatic rings. The number of hydrogen-bond donors (Lipinski definition) is 1. The molecule has 1 atom stereocenters. The Morgan fingerprint density at radius 1 is 0.912 bits per heavy atom. The molecule has 6 heteroatoms. The lowest BCUT2D eigenvalue weighted by Gasteiger charge is -2.40. The van der Waals surface area contributed by atoms with Gasteiger partial charge in [0.2, 0.25) is 0 Å².